The highest BCUT2D eigenvalue weighted by atomic mass is 16.6. The highest BCUT2D eigenvalue weighted by Gasteiger charge is 2.58. The summed E-state index contributed by atoms with van der Waals surface area (Å²) in [6.07, 6.45) is 1.24. The van der Waals surface area contributed by atoms with Crippen molar-refractivity contribution in [3.05, 3.63) is 64.5 Å². The Morgan fingerprint density at radius 2 is 1.79 bits per heavy atom. The van der Waals surface area contributed by atoms with Crippen LogP contribution in [0.4, 0.5) is 4.79 Å². The van der Waals surface area contributed by atoms with Crippen molar-refractivity contribution < 1.29 is 14.6 Å². The standard InChI is InChI=1S/C26H36N4O3/c1-16(2)18-8-10-19(11-9-18)26(32,20-12-21(22(27)28)17(3)29-13-20)25(7)14-30(15-25)23(31)33-24(4,5)6/h8-13,16,32H,14-15H2,1-7H3,(H3,27,28)/t26-/m0/s1. The van der Waals surface area contributed by atoms with Crippen LogP contribution in [0.2, 0.25) is 0 Å². The fraction of sp³-hybridized carbons (Fsp3) is 0.500. The quantitative estimate of drug-likeness (QED) is 0.463. The molecule has 2 aromatic rings. The van der Waals surface area contributed by atoms with Gasteiger partial charge in [0.05, 0.1) is 0 Å². The number of carbonyl (C=O) groups is 1. The molecule has 1 aromatic carbocycles. The molecule has 2 heterocycles. The number of likely N-dealkylation sites (tertiary alicyclic amines) is 1. The van der Waals surface area contributed by atoms with Gasteiger partial charge < -0.3 is 20.5 Å². The maximum atomic E-state index is 12.6. The summed E-state index contributed by atoms with van der Waals surface area (Å²) >= 11 is 0. The fourth-order valence-electron chi connectivity index (χ4n) is 4.46. The summed E-state index contributed by atoms with van der Waals surface area (Å²) in [5.74, 6) is 0.257. The normalized spacial score (nSPS) is 17.3. The van der Waals surface area contributed by atoms with Gasteiger partial charge in [0.15, 0.2) is 0 Å². The molecule has 1 atom stereocenters. The second-order valence-electron chi connectivity index (χ2n) is 10.7. The third-order valence-electron chi connectivity index (χ3n) is 6.39. The van der Waals surface area contributed by atoms with Crippen molar-refractivity contribution in [2.75, 3.05) is 13.1 Å². The molecule has 0 unspecified atom stereocenters. The third-order valence-corrected chi connectivity index (χ3v) is 6.39. The maximum Gasteiger partial charge on any atom is 0.410 e. The number of aliphatic hydroxyl groups is 1. The molecule has 0 saturated carbocycles. The molecule has 7 nitrogen and oxygen atoms in total. The molecule has 178 valence electrons. The molecular weight excluding hydrogens is 416 g/mol. The number of ether oxygens (including phenoxy) is 1. The first kappa shape index (κ1) is 24.7. The number of hydrogen-bond donors (Lipinski definition) is 3. The van der Waals surface area contributed by atoms with E-state index in [1.807, 2.05) is 52.0 Å². The van der Waals surface area contributed by atoms with Gasteiger partial charge >= 0.3 is 6.09 Å². The van der Waals surface area contributed by atoms with E-state index in [4.69, 9.17) is 15.9 Å². The first-order valence-electron chi connectivity index (χ1n) is 11.3. The average molecular weight is 453 g/mol. The number of nitrogens with two attached hydrogens (primary N) is 1. The number of benzene rings is 1. The van der Waals surface area contributed by atoms with Gasteiger partial charge in [-0.05, 0) is 50.8 Å². The number of rotatable bonds is 5. The van der Waals surface area contributed by atoms with Crippen LogP contribution in [0.5, 0.6) is 0 Å². The minimum Gasteiger partial charge on any atom is -0.444 e. The number of hydrogen-bond acceptors (Lipinski definition) is 5. The number of amides is 1. The molecule has 0 spiro atoms. The van der Waals surface area contributed by atoms with Crippen LogP contribution in [-0.4, -0.2) is 45.6 Å². The molecule has 0 radical (unpaired) electrons. The summed E-state index contributed by atoms with van der Waals surface area (Å²) in [4.78, 5) is 18.6. The Kier molecular flexibility index (Phi) is 6.33. The molecule has 1 fully saturated rings. The van der Waals surface area contributed by atoms with Gasteiger partial charge in [0.2, 0.25) is 0 Å². The molecule has 33 heavy (non-hydrogen) atoms. The lowest BCUT2D eigenvalue weighted by Gasteiger charge is -2.56. The van der Waals surface area contributed by atoms with E-state index in [1.54, 1.807) is 24.1 Å². The Morgan fingerprint density at radius 1 is 1.21 bits per heavy atom. The molecule has 1 amide bonds. The molecule has 0 aliphatic carbocycles. The molecule has 4 N–H and O–H groups in total. The number of pyridine rings is 1. The number of nitrogen functional groups attached to an aromatic ring is 1. The van der Waals surface area contributed by atoms with Crippen LogP contribution in [0.15, 0.2) is 36.5 Å². The van der Waals surface area contributed by atoms with E-state index >= 15 is 0 Å². The smallest absolute Gasteiger partial charge is 0.410 e. The summed E-state index contributed by atoms with van der Waals surface area (Å²) < 4.78 is 5.52. The fourth-order valence-corrected chi connectivity index (χ4v) is 4.46. The van der Waals surface area contributed by atoms with Crippen LogP contribution in [0.3, 0.4) is 0 Å². The van der Waals surface area contributed by atoms with Gasteiger partial charge in [-0.3, -0.25) is 10.4 Å². The summed E-state index contributed by atoms with van der Waals surface area (Å²) in [5.41, 5.74) is 6.56. The van der Waals surface area contributed by atoms with Gasteiger partial charge in [-0.2, -0.15) is 0 Å². The number of aromatic nitrogens is 1. The second kappa shape index (κ2) is 8.45. The van der Waals surface area contributed by atoms with Crippen molar-refractivity contribution in [3.8, 4) is 0 Å². The highest BCUT2D eigenvalue weighted by Crippen LogP contribution is 2.51. The predicted octanol–water partition coefficient (Wildman–Crippen LogP) is 4.29. The topological polar surface area (TPSA) is 113 Å². The monoisotopic (exact) mass is 452 g/mol. The van der Waals surface area contributed by atoms with E-state index in [0.717, 1.165) is 0 Å². The van der Waals surface area contributed by atoms with E-state index in [1.165, 1.54) is 5.56 Å². The SMILES string of the molecule is Cc1ncc([C@@](O)(c2ccc(C(C)C)cc2)C2(C)CN(C(=O)OC(C)(C)C)C2)cc1C(=N)N. The van der Waals surface area contributed by atoms with Crippen molar-refractivity contribution in [1.29, 1.82) is 5.41 Å². The van der Waals surface area contributed by atoms with Gasteiger partial charge in [-0.25, -0.2) is 4.79 Å². The van der Waals surface area contributed by atoms with Crippen molar-refractivity contribution in [2.45, 2.75) is 65.6 Å². The van der Waals surface area contributed by atoms with Crippen molar-refractivity contribution >= 4 is 11.9 Å². The van der Waals surface area contributed by atoms with E-state index in [2.05, 4.69) is 18.8 Å². The minimum absolute atomic E-state index is 0.103. The van der Waals surface area contributed by atoms with Crippen molar-refractivity contribution in [3.63, 3.8) is 0 Å². The number of amidine groups is 1. The first-order valence-corrected chi connectivity index (χ1v) is 11.3. The van der Waals surface area contributed by atoms with Gasteiger partial charge in [0.25, 0.3) is 0 Å². The Balaban J connectivity index is 2.06. The van der Waals surface area contributed by atoms with Crippen LogP contribution in [0.1, 0.15) is 75.4 Å². The first-order chi connectivity index (χ1) is 15.2. The van der Waals surface area contributed by atoms with Crippen LogP contribution in [0.25, 0.3) is 0 Å². The summed E-state index contributed by atoms with van der Waals surface area (Å²) in [5, 5.41) is 20.3. The minimum atomic E-state index is -1.45. The zero-order chi connectivity index (χ0) is 24.8. The number of carbonyl (C=O) groups excluding carboxylic acids is 1. The van der Waals surface area contributed by atoms with E-state index < -0.39 is 22.7 Å². The number of aryl methyl sites for hydroxylation is 1. The maximum absolute atomic E-state index is 12.6. The van der Waals surface area contributed by atoms with Crippen molar-refractivity contribution in [2.24, 2.45) is 11.1 Å². The molecular formula is C26H36N4O3. The number of nitrogens with zero attached hydrogens (tertiary/aromatic N) is 2. The Morgan fingerprint density at radius 3 is 2.27 bits per heavy atom. The third kappa shape index (κ3) is 4.60. The Labute approximate surface area is 196 Å². The molecule has 7 heteroatoms. The van der Waals surface area contributed by atoms with Gasteiger partial charge in [0.1, 0.15) is 17.0 Å². The van der Waals surface area contributed by atoms with Crippen LogP contribution < -0.4 is 5.73 Å². The van der Waals surface area contributed by atoms with Crippen LogP contribution in [0, 0.1) is 17.7 Å². The number of nitrogens with one attached hydrogen (secondary N) is 1. The zero-order valence-corrected chi connectivity index (χ0v) is 20.7. The molecule has 1 saturated heterocycles. The van der Waals surface area contributed by atoms with Crippen LogP contribution in [-0.2, 0) is 10.3 Å². The van der Waals surface area contributed by atoms with Crippen LogP contribution >= 0.6 is 0 Å². The average Bonchev–Trinajstić information content (AvgIpc) is 2.69. The molecule has 1 aromatic heterocycles. The second-order valence-corrected chi connectivity index (χ2v) is 10.7. The lowest BCUT2D eigenvalue weighted by Crippen LogP contribution is -2.66. The van der Waals surface area contributed by atoms with Gasteiger partial charge in [-0.1, -0.05) is 45.0 Å². The zero-order valence-electron chi connectivity index (χ0n) is 20.7. The Hall–Kier alpha value is -2.93. The Bertz CT molecular complexity index is 1050. The van der Waals surface area contributed by atoms with E-state index in [0.29, 0.717) is 41.4 Å². The van der Waals surface area contributed by atoms with E-state index in [9.17, 15) is 9.90 Å². The largest absolute Gasteiger partial charge is 0.444 e. The van der Waals surface area contributed by atoms with Crippen molar-refractivity contribution in [1.82, 2.24) is 9.88 Å². The molecule has 3 rings (SSSR count). The lowest BCUT2D eigenvalue weighted by molar-refractivity contribution is -0.131. The van der Waals surface area contributed by atoms with Gasteiger partial charge in [-0.15, -0.1) is 0 Å². The summed E-state index contributed by atoms with van der Waals surface area (Å²) in [6.45, 7) is 14.1. The molecule has 1 aliphatic heterocycles. The lowest BCUT2D eigenvalue weighted by atomic mass is 9.62. The molecule has 1 aliphatic rings. The molecule has 0 bridgehead atoms. The van der Waals surface area contributed by atoms with Gasteiger partial charge in [0, 0.05) is 41.5 Å². The summed E-state index contributed by atoms with van der Waals surface area (Å²) in [6, 6.07) is 9.65. The highest BCUT2D eigenvalue weighted by molar-refractivity contribution is 5.96. The summed E-state index contributed by atoms with van der Waals surface area (Å²) in [7, 11) is 0. The predicted molar refractivity (Wildman–Crippen MR) is 129 cm³/mol. The van der Waals surface area contributed by atoms with E-state index in [-0.39, 0.29) is 5.84 Å².